The molecule has 0 unspecified atom stereocenters. The van der Waals surface area contributed by atoms with Crippen molar-refractivity contribution in [3.05, 3.63) is 29.8 Å². The Morgan fingerprint density at radius 1 is 1.25 bits per heavy atom. The lowest BCUT2D eigenvalue weighted by Gasteiger charge is -2.07. The van der Waals surface area contributed by atoms with Gasteiger partial charge >= 0.3 is 5.97 Å². The van der Waals surface area contributed by atoms with Gasteiger partial charge in [0.05, 0.1) is 12.9 Å². The van der Waals surface area contributed by atoms with Crippen LogP contribution in [0.3, 0.4) is 0 Å². The molecule has 20 heavy (non-hydrogen) atoms. The van der Waals surface area contributed by atoms with Gasteiger partial charge in [0, 0.05) is 6.54 Å². The molecule has 1 rings (SSSR count). The van der Waals surface area contributed by atoms with Crippen molar-refractivity contribution in [1.82, 2.24) is 4.72 Å². The molecule has 1 N–H and O–H groups in total. The van der Waals surface area contributed by atoms with E-state index in [0.717, 1.165) is 11.8 Å². The number of sulfonamides is 1. The highest BCUT2D eigenvalue weighted by Crippen LogP contribution is 2.12. The average molecular weight is 301 g/mol. The number of esters is 1. The van der Waals surface area contributed by atoms with Gasteiger partial charge in [-0.05, 0) is 31.0 Å². The number of carbonyl (C=O) groups excluding carboxylic acids is 1. The number of hydrogen-bond donors (Lipinski definition) is 1. The Bertz CT molecular complexity index is 524. The highest BCUT2D eigenvalue weighted by molar-refractivity contribution is 7.88. The molecule has 7 heteroatoms. The summed E-state index contributed by atoms with van der Waals surface area (Å²) in [7, 11) is -3.15. The van der Waals surface area contributed by atoms with Crippen molar-refractivity contribution in [1.29, 1.82) is 0 Å². The first-order chi connectivity index (χ1) is 9.40. The molecule has 0 aromatic heterocycles. The van der Waals surface area contributed by atoms with Crippen LogP contribution in [0.15, 0.2) is 24.3 Å². The fourth-order valence-corrected chi connectivity index (χ4v) is 1.95. The third-order valence-corrected chi connectivity index (χ3v) is 3.09. The van der Waals surface area contributed by atoms with Crippen molar-refractivity contribution in [3.63, 3.8) is 0 Å². The van der Waals surface area contributed by atoms with Crippen LogP contribution in [0.25, 0.3) is 0 Å². The van der Waals surface area contributed by atoms with Gasteiger partial charge in [0.1, 0.15) is 5.75 Å². The van der Waals surface area contributed by atoms with Crippen molar-refractivity contribution >= 4 is 16.0 Å². The van der Waals surface area contributed by atoms with E-state index >= 15 is 0 Å². The number of nitrogens with one attached hydrogen (secondary N) is 1. The van der Waals surface area contributed by atoms with E-state index in [4.69, 9.17) is 9.47 Å². The molecule has 0 fully saturated rings. The van der Waals surface area contributed by atoms with Crippen molar-refractivity contribution < 1.29 is 22.7 Å². The second-order valence-corrected chi connectivity index (χ2v) is 5.99. The monoisotopic (exact) mass is 301 g/mol. The summed E-state index contributed by atoms with van der Waals surface area (Å²) in [6.07, 6.45) is 1.71. The normalized spacial score (nSPS) is 11.1. The van der Waals surface area contributed by atoms with Gasteiger partial charge in [0.2, 0.25) is 10.0 Å². The van der Waals surface area contributed by atoms with Gasteiger partial charge in [-0.2, -0.15) is 0 Å². The number of rotatable bonds is 8. The van der Waals surface area contributed by atoms with Crippen LogP contribution in [0.1, 0.15) is 12.5 Å². The zero-order chi connectivity index (χ0) is 15.0. The second kappa shape index (κ2) is 7.86. The summed E-state index contributed by atoms with van der Waals surface area (Å²) in [5.74, 6) is 0.159. The van der Waals surface area contributed by atoms with Crippen LogP contribution in [0, 0.1) is 0 Å². The molecule has 0 aliphatic heterocycles. The standard InChI is InChI=1S/C13H19NO5S/c1-3-18-13(15)10-19-12-6-4-11(5-7-12)8-9-14-20(2,16)17/h4-7,14H,3,8-10H2,1-2H3. The Kier molecular flexibility index (Phi) is 6.47. The van der Waals surface area contributed by atoms with Crippen LogP contribution in [0.2, 0.25) is 0 Å². The Morgan fingerprint density at radius 3 is 2.45 bits per heavy atom. The Morgan fingerprint density at radius 2 is 1.90 bits per heavy atom. The van der Waals surface area contributed by atoms with Crippen molar-refractivity contribution in [2.45, 2.75) is 13.3 Å². The van der Waals surface area contributed by atoms with Crippen LogP contribution in [-0.2, 0) is 26.0 Å². The molecule has 1 aromatic carbocycles. The maximum Gasteiger partial charge on any atom is 0.344 e. The van der Waals surface area contributed by atoms with E-state index in [1.807, 2.05) is 12.1 Å². The number of ether oxygens (including phenoxy) is 2. The molecule has 0 aliphatic carbocycles. The molecule has 112 valence electrons. The largest absolute Gasteiger partial charge is 0.482 e. The number of carbonyl (C=O) groups is 1. The Balaban J connectivity index is 2.38. The smallest absolute Gasteiger partial charge is 0.344 e. The van der Waals surface area contributed by atoms with Crippen molar-refractivity contribution in [2.24, 2.45) is 0 Å². The molecule has 0 bridgehead atoms. The third kappa shape index (κ3) is 7.10. The fourth-order valence-electron chi connectivity index (χ4n) is 1.48. The topological polar surface area (TPSA) is 81.7 Å². The predicted molar refractivity (Wildman–Crippen MR) is 75.1 cm³/mol. The maximum atomic E-state index is 11.1. The van der Waals surface area contributed by atoms with Crippen LogP contribution < -0.4 is 9.46 Å². The molecular formula is C13H19NO5S. The van der Waals surface area contributed by atoms with Gasteiger partial charge < -0.3 is 9.47 Å². The lowest BCUT2D eigenvalue weighted by atomic mass is 10.1. The minimum Gasteiger partial charge on any atom is -0.482 e. The van der Waals surface area contributed by atoms with E-state index in [-0.39, 0.29) is 6.61 Å². The highest BCUT2D eigenvalue weighted by atomic mass is 32.2. The first-order valence-electron chi connectivity index (χ1n) is 6.22. The van der Waals surface area contributed by atoms with Gasteiger partial charge in [0.15, 0.2) is 6.61 Å². The van der Waals surface area contributed by atoms with Crippen LogP contribution in [0.5, 0.6) is 5.75 Å². The third-order valence-electron chi connectivity index (χ3n) is 2.36. The van der Waals surface area contributed by atoms with Crippen LogP contribution in [-0.4, -0.2) is 40.4 Å². The maximum absolute atomic E-state index is 11.1. The number of hydrogen-bond acceptors (Lipinski definition) is 5. The molecule has 0 aliphatic rings. The molecule has 0 spiro atoms. The molecule has 0 saturated heterocycles. The highest BCUT2D eigenvalue weighted by Gasteiger charge is 2.03. The zero-order valence-electron chi connectivity index (χ0n) is 11.6. The first kappa shape index (κ1) is 16.5. The summed E-state index contributed by atoms with van der Waals surface area (Å²) in [6.45, 7) is 2.29. The van der Waals surface area contributed by atoms with E-state index < -0.39 is 16.0 Å². The molecule has 0 radical (unpaired) electrons. The minimum atomic E-state index is -3.15. The average Bonchev–Trinajstić information content (AvgIpc) is 2.37. The molecular weight excluding hydrogens is 282 g/mol. The lowest BCUT2D eigenvalue weighted by Crippen LogP contribution is -2.24. The molecule has 0 atom stereocenters. The van der Waals surface area contributed by atoms with Crippen LogP contribution in [0.4, 0.5) is 0 Å². The molecule has 0 saturated carbocycles. The zero-order valence-corrected chi connectivity index (χ0v) is 12.4. The van der Waals surface area contributed by atoms with E-state index in [9.17, 15) is 13.2 Å². The summed E-state index contributed by atoms with van der Waals surface area (Å²) in [6, 6.07) is 7.11. The van der Waals surface area contributed by atoms with Gasteiger partial charge in [-0.25, -0.2) is 17.9 Å². The van der Waals surface area contributed by atoms with Crippen LogP contribution >= 0.6 is 0 Å². The summed E-state index contributed by atoms with van der Waals surface area (Å²) in [4.78, 5) is 11.1. The SMILES string of the molecule is CCOC(=O)COc1ccc(CCNS(C)(=O)=O)cc1. The van der Waals surface area contributed by atoms with Gasteiger partial charge in [-0.1, -0.05) is 12.1 Å². The van der Waals surface area contributed by atoms with E-state index in [1.54, 1.807) is 19.1 Å². The van der Waals surface area contributed by atoms with Gasteiger partial charge in [0.25, 0.3) is 0 Å². The number of benzene rings is 1. The second-order valence-electron chi connectivity index (χ2n) is 4.15. The van der Waals surface area contributed by atoms with Crippen molar-refractivity contribution in [3.8, 4) is 5.75 Å². The van der Waals surface area contributed by atoms with E-state index in [0.29, 0.717) is 25.3 Å². The molecule has 6 nitrogen and oxygen atoms in total. The Labute approximate surface area is 119 Å². The fraction of sp³-hybridized carbons (Fsp3) is 0.462. The molecule has 0 heterocycles. The summed E-state index contributed by atoms with van der Waals surface area (Å²) >= 11 is 0. The lowest BCUT2D eigenvalue weighted by molar-refractivity contribution is -0.145. The van der Waals surface area contributed by atoms with Gasteiger partial charge in [-0.15, -0.1) is 0 Å². The van der Waals surface area contributed by atoms with E-state index in [2.05, 4.69) is 4.72 Å². The summed E-state index contributed by atoms with van der Waals surface area (Å²) < 4.78 is 34.2. The Hall–Kier alpha value is -1.60. The molecule has 0 amide bonds. The van der Waals surface area contributed by atoms with Crippen molar-refractivity contribution in [2.75, 3.05) is 26.0 Å². The first-order valence-corrected chi connectivity index (χ1v) is 8.12. The predicted octanol–water partition coefficient (Wildman–Crippen LogP) is 0.720. The summed E-state index contributed by atoms with van der Waals surface area (Å²) in [5.41, 5.74) is 0.977. The van der Waals surface area contributed by atoms with Gasteiger partial charge in [-0.3, -0.25) is 0 Å². The molecule has 1 aromatic rings. The minimum absolute atomic E-state index is 0.122. The summed E-state index contributed by atoms with van der Waals surface area (Å²) in [5, 5.41) is 0. The quantitative estimate of drug-likeness (QED) is 0.716. The van der Waals surface area contributed by atoms with E-state index in [1.165, 1.54) is 0 Å².